The maximum atomic E-state index is 11.5. The molecule has 0 bridgehead atoms. The minimum Gasteiger partial charge on any atom is -0.467 e. The summed E-state index contributed by atoms with van der Waals surface area (Å²) in [7, 11) is 2.62. The Kier molecular flexibility index (Phi) is 6.56. The van der Waals surface area contributed by atoms with Gasteiger partial charge in [0.1, 0.15) is 0 Å². The molecule has 8 heteroatoms. The number of anilines is 2. The zero-order valence-electron chi connectivity index (χ0n) is 14.5. The third-order valence-electron chi connectivity index (χ3n) is 4.12. The van der Waals surface area contributed by atoms with Crippen LogP contribution < -0.4 is 14.5 Å². The van der Waals surface area contributed by atoms with Gasteiger partial charge in [0, 0.05) is 49.0 Å². The van der Waals surface area contributed by atoms with E-state index in [2.05, 4.69) is 19.9 Å². The fourth-order valence-electron chi connectivity index (χ4n) is 2.65. The number of rotatable bonds is 6. The van der Waals surface area contributed by atoms with Gasteiger partial charge in [-0.05, 0) is 19.8 Å². The molecule has 2 atom stereocenters. The Balaban J connectivity index is 2.25. The van der Waals surface area contributed by atoms with Crippen molar-refractivity contribution < 1.29 is 8.95 Å². The average molecular weight is 341 g/mol. The van der Waals surface area contributed by atoms with Crippen molar-refractivity contribution in [2.24, 2.45) is 0 Å². The van der Waals surface area contributed by atoms with E-state index in [0.717, 1.165) is 25.9 Å². The lowest BCUT2D eigenvalue weighted by Crippen LogP contribution is -2.35. The molecule has 0 aliphatic carbocycles. The monoisotopic (exact) mass is 341 g/mol. The van der Waals surface area contributed by atoms with E-state index in [1.807, 2.05) is 18.9 Å². The highest BCUT2D eigenvalue weighted by molar-refractivity contribution is 7.84. The van der Waals surface area contributed by atoms with Crippen molar-refractivity contribution in [2.45, 2.75) is 38.6 Å². The Morgan fingerprint density at radius 2 is 1.87 bits per heavy atom. The third kappa shape index (κ3) is 5.02. The molecule has 23 heavy (non-hydrogen) atoms. The first kappa shape index (κ1) is 17.9. The second-order valence-electron chi connectivity index (χ2n) is 6.02. The Morgan fingerprint density at radius 3 is 2.43 bits per heavy atom. The standard InChI is InChI=1S/C15H27N5O2S/c1-12(11-23(4)21)19(2)13-16-14(18-15(17-13)22-3)20-9-7-5-6-8-10-20/h12H,5-11H2,1-4H3/t12-,23-/m0/s1. The smallest absolute Gasteiger partial charge is 0.322 e. The second-order valence-corrected chi connectivity index (χ2v) is 7.50. The Morgan fingerprint density at radius 1 is 1.22 bits per heavy atom. The number of hydrogen-bond donors (Lipinski definition) is 0. The van der Waals surface area contributed by atoms with Gasteiger partial charge < -0.3 is 14.5 Å². The van der Waals surface area contributed by atoms with Gasteiger partial charge in [-0.3, -0.25) is 4.21 Å². The van der Waals surface area contributed by atoms with E-state index in [1.165, 1.54) is 12.8 Å². The van der Waals surface area contributed by atoms with Crippen LogP contribution in [0.5, 0.6) is 6.01 Å². The maximum absolute atomic E-state index is 11.5. The average Bonchev–Trinajstić information content (AvgIpc) is 2.82. The quantitative estimate of drug-likeness (QED) is 0.776. The predicted octanol–water partition coefficient (Wildman–Crippen LogP) is 1.46. The van der Waals surface area contributed by atoms with E-state index in [0.29, 0.717) is 23.7 Å². The van der Waals surface area contributed by atoms with Crippen LogP contribution in [-0.2, 0) is 10.8 Å². The fourth-order valence-corrected chi connectivity index (χ4v) is 3.55. The van der Waals surface area contributed by atoms with Crippen molar-refractivity contribution in [3.8, 4) is 6.01 Å². The van der Waals surface area contributed by atoms with E-state index in [4.69, 9.17) is 4.74 Å². The van der Waals surface area contributed by atoms with Crippen molar-refractivity contribution in [1.82, 2.24) is 15.0 Å². The van der Waals surface area contributed by atoms with Crippen LogP contribution in [0.25, 0.3) is 0 Å². The largest absolute Gasteiger partial charge is 0.467 e. The molecule has 2 rings (SSSR count). The molecule has 0 spiro atoms. The summed E-state index contributed by atoms with van der Waals surface area (Å²) in [6.45, 7) is 3.94. The van der Waals surface area contributed by atoms with E-state index in [9.17, 15) is 4.21 Å². The highest BCUT2D eigenvalue weighted by Gasteiger charge is 2.20. The van der Waals surface area contributed by atoms with Crippen LogP contribution in [0.3, 0.4) is 0 Å². The zero-order chi connectivity index (χ0) is 16.8. The summed E-state index contributed by atoms with van der Waals surface area (Å²) in [6, 6.07) is 0.399. The van der Waals surface area contributed by atoms with Crippen LogP contribution in [0.2, 0.25) is 0 Å². The minimum atomic E-state index is -0.864. The van der Waals surface area contributed by atoms with Gasteiger partial charge in [-0.1, -0.05) is 12.8 Å². The molecule has 0 aromatic carbocycles. The lowest BCUT2D eigenvalue weighted by molar-refractivity contribution is 0.377. The molecule has 0 amide bonds. The maximum Gasteiger partial charge on any atom is 0.322 e. The van der Waals surface area contributed by atoms with Crippen LogP contribution in [0.1, 0.15) is 32.6 Å². The summed E-state index contributed by atoms with van der Waals surface area (Å²) in [6.07, 6.45) is 6.53. The molecule has 0 saturated carbocycles. The second kappa shape index (κ2) is 8.42. The Bertz CT molecular complexity index is 535. The van der Waals surface area contributed by atoms with Crippen LogP contribution >= 0.6 is 0 Å². The molecule has 0 N–H and O–H groups in total. The first-order valence-corrected chi connectivity index (χ1v) is 9.82. The van der Waals surface area contributed by atoms with Gasteiger partial charge in [-0.15, -0.1) is 0 Å². The fraction of sp³-hybridized carbons (Fsp3) is 0.800. The van der Waals surface area contributed by atoms with Gasteiger partial charge in [0.15, 0.2) is 0 Å². The van der Waals surface area contributed by atoms with Gasteiger partial charge >= 0.3 is 6.01 Å². The molecule has 1 fully saturated rings. The predicted molar refractivity (Wildman–Crippen MR) is 93.9 cm³/mol. The minimum absolute atomic E-state index is 0.0740. The summed E-state index contributed by atoms with van der Waals surface area (Å²) >= 11 is 0. The van der Waals surface area contributed by atoms with Crippen molar-refractivity contribution >= 4 is 22.7 Å². The Hall–Kier alpha value is -1.44. The van der Waals surface area contributed by atoms with Crippen LogP contribution in [0, 0.1) is 0 Å². The molecule has 7 nitrogen and oxygen atoms in total. The lowest BCUT2D eigenvalue weighted by atomic mass is 10.2. The highest BCUT2D eigenvalue weighted by Crippen LogP contribution is 2.21. The van der Waals surface area contributed by atoms with E-state index >= 15 is 0 Å². The molecule has 0 radical (unpaired) electrons. The van der Waals surface area contributed by atoms with Crippen molar-refractivity contribution in [3.63, 3.8) is 0 Å². The Labute approximate surface area is 140 Å². The van der Waals surface area contributed by atoms with Gasteiger partial charge in [-0.25, -0.2) is 0 Å². The van der Waals surface area contributed by atoms with Crippen LogP contribution in [0.15, 0.2) is 0 Å². The molecular weight excluding hydrogens is 314 g/mol. The normalized spacial score (nSPS) is 18.2. The molecule has 130 valence electrons. The van der Waals surface area contributed by atoms with Crippen LogP contribution in [-0.4, -0.2) is 64.5 Å². The molecule has 1 aliphatic rings. The van der Waals surface area contributed by atoms with Gasteiger partial charge in [0.05, 0.1) is 7.11 Å². The summed E-state index contributed by atoms with van der Waals surface area (Å²) in [5.41, 5.74) is 0. The summed E-state index contributed by atoms with van der Waals surface area (Å²) in [5, 5.41) is 0. The van der Waals surface area contributed by atoms with Gasteiger partial charge in [-0.2, -0.15) is 15.0 Å². The molecule has 0 unspecified atom stereocenters. The molecule has 2 heterocycles. The number of ether oxygens (including phenoxy) is 1. The number of nitrogens with zero attached hydrogens (tertiary/aromatic N) is 5. The van der Waals surface area contributed by atoms with Gasteiger partial charge in [0.25, 0.3) is 0 Å². The lowest BCUT2D eigenvalue weighted by Gasteiger charge is -2.26. The first-order valence-electron chi connectivity index (χ1n) is 8.09. The number of hydrogen-bond acceptors (Lipinski definition) is 7. The third-order valence-corrected chi connectivity index (χ3v) is 5.07. The van der Waals surface area contributed by atoms with Gasteiger partial charge in [0.2, 0.25) is 11.9 Å². The topological polar surface area (TPSA) is 71.5 Å². The van der Waals surface area contributed by atoms with Crippen molar-refractivity contribution in [1.29, 1.82) is 0 Å². The highest BCUT2D eigenvalue weighted by atomic mass is 32.2. The molecule has 1 aliphatic heterocycles. The SMILES string of the molecule is COc1nc(N2CCCCCC2)nc(N(C)[C@@H](C)C[S@](C)=O)n1. The van der Waals surface area contributed by atoms with E-state index in [1.54, 1.807) is 13.4 Å². The molecule has 1 saturated heterocycles. The summed E-state index contributed by atoms with van der Waals surface area (Å²) < 4.78 is 16.7. The molecule has 1 aromatic rings. The van der Waals surface area contributed by atoms with E-state index in [-0.39, 0.29) is 6.04 Å². The molecule has 1 aromatic heterocycles. The first-order chi connectivity index (χ1) is 11.0. The van der Waals surface area contributed by atoms with Crippen molar-refractivity contribution in [2.75, 3.05) is 49.1 Å². The summed E-state index contributed by atoms with van der Waals surface area (Å²) in [5.74, 6) is 1.81. The summed E-state index contributed by atoms with van der Waals surface area (Å²) in [4.78, 5) is 17.5. The van der Waals surface area contributed by atoms with Crippen LogP contribution in [0.4, 0.5) is 11.9 Å². The van der Waals surface area contributed by atoms with Crippen molar-refractivity contribution in [3.05, 3.63) is 0 Å². The van der Waals surface area contributed by atoms with E-state index < -0.39 is 10.8 Å². The zero-order valence-corrected chi connectivity index (χ0v) is 15.3. The number of aromatic nitrogens is 3. The number of methoxy groups -OCH3 is 1. The molecular formula is C15H27N5O2S.